The van der Waals surface area contributed by atoms with E-state index in [1.165, 1.54) is 0 Å². The fourth-order valence-corrected chi connectivity index (χ4v) is 2.61. The third-order valence-electron chi connectivity index (χ3n) is 3.30. The largest absolute Gasteiger partial charge is 0.354 e. The number of nitrogens with zero attached hydrogens (tertiary/aromatic N) is 1. The zero-order chi connectivity index (χ0) is 14.3. The normalized spacial score (nSPS) is 21.1. The van der Waals surface area contributed by atoms with Crippen LogP contribution in [0.25, 0.3) is 5.03 Å². The second-order valence-electron chi connectivity index (χ2n) is 5.04. The summed E-state index contributed by atoms with van der Waals surface area (Å²) in [4.78, 5) is 12.0. The summed E-state index contributed by atoms with van der Waals surface area (Å²) >= 11 is 6.31. The Hall–Kier alpha value is -2.07. The van der Waals surface area contributed by atoms with Crippen LogP contribution in [0.1, 0.15) is 19.4 Å². The molecule has 0 aliphatic carbocycles. The molecule has 0 bridgehead atoms. The van der Waals surface area contributed by atoms with Gasteiger partial charge in [-0.25, -0.2) is 5.43 Å². The number of anilines is 1. The van der Waals surface area contributed by atoms with Crippen molar-refractivity contribution < 1.29 is 4.79 Å². The van der Waals surface area contributed by atoms with Gasteiger partial charge in [-0.05, 0) is 18.1 Å². The first-order valence-electron chi connectivity index (χ1n) is 6.44. The van der Waals surface area contributed by atoms with Crippen LogP contribution in [0.15, 0.2) is 46.7 Å². The van der Waals surface area contributed by atoms with Gasteiger partial charge in [0.2, 0.25) is 0 Å². The van der Waals surface area contributed by atoms with E-state index < -0.39 is 0 Å². The molecule has 0 atom stereocenters. The Morgan fingerprint density at radius 3 is 2.75 bits per heavy atom. The van der Waals surface area contributed by atoms with Crippen molar-refractivity contribution in [3.63, 3.8) is 0 Å². The van der Waals surface area contributed by atoms with E-state index in [4.69, 9.17) is 11.6 Å². The van der Waals surface area contributed by atoms with Gasteiger partial charge >= 0.3 is 0 Å². The van der Waals surface area contributed by atoms with Crippen molar-refractivity contribution in [1.29, 1.82) is 0 Å². The van der Waals surface area contributed by atoms with Gasteiger partial charge in [0.25, 0.3) is 5.91 Å². The van der Waals surface area contributed by atoms with Gasteiger partial charge in [0.15, 0.2) is 0 Å². The highest BCUT2D eigenvalue weighted by molar-refractivity contribution is 6.50. The second-order valence-corrected chi connectivity index (χ2v) is 5.45. The Morgan fingerprint density at radius 1 is 1.25 bits per heavy atom. The summed E-state index contributed by atoms with van der Waals surface area (Å²) in [6, 6.07) is 7.73. The Bertz CT molecular complexity index is 686. The van der Waals surface area contributed by atoms with Crippen molar-refractivity contribution in [3.05, 3.63) is 47.2 Å². The van der Waals surface area contributed by atoms with Crippen molar-refractivity contribution in [2.75, 3.05) is 5.32 Å². The van der Waals surface area contributed by atoms with Crippen LogP contribution in [0.2, 0.25) is 0 Å². The molecule has 20 heavy (non-hydrogen) atoms. The van der Waals surface area contributed by atoms with E-state index in [0.29, 0.717) is 16.3 Å². The van der Waals surface area contributed by atoms with Gasteiger partial charge in [-0.2, -0.15) is 5.10 Å². The van der Waals surface area contributed by atoms with E-state index in [0.717, 1.165) is 17.0 Å². The van der Waals surface area contributed by atoms with Crippen LogP contribution in [0.4, 0.5) is 5.69 Å². The maximum atomic E-state index is 12.0. The molecule has 0 aromatic heterocycles. The number of carbonyl (C=O) groups is 1. The number of para-hydroxylation sites is 1. The molecule has 0 unspecified atom stereocenters. The van der Waals surface area contributed by atoms with Crippen LogP contribution >= 0.6 is 11.6 Å². The van der Waals surface area contributed by atoms with Gasteiger partial charge in [0.05, 0.1) is 22.0 Å². The molecule has 1 aromatic rings. The monoisotopic (exact) mass is 287 g/mol. The van der Waals surface area contributed by atoms with Gasteiger partial charge in [-0.15, -0.1) is 0 Å². The second kappa shape index (κ2) is 4.80. The lowest BCUT2D eigenvalue weighted by molar-refractivity contribution is -0.116. The number of nitrogens with one attached hydrogen (secondary N) is 2. The average molecular weight is 288 g/mol. The molecule has 0 radical (unpaired) electrons. The summed E-state index contributed by atoms with van der Waals surface area (Å²) in [6.45, 7) is 4.00. The Labute approximate surface area is 122 Å². The summed E-state index contributed by atoms with van der Waals surface area (Å²) in [5, 5.41) is 7.98. The number of rotatable bonds is 1. The van der Waals surface area contributed by atoms with E-state index in [-0.39, 0.29) is 11.8 Å². The molecule has 0 spiro atoms. The van der Waals surface area contributed by atoms with Crippen LogP contribution in [-0.4, -0.2) is 11.6 Å². The number of benzene rings is 1. The van der Waals surface area contributed by atoms with Gasteiger partial charge < -0.3 is 5.32 Å². The third kappa shape index (κ3) is 2.02. The lowest BCUT2D eigenvalue weighted by Crippen LogP contribution is -2.21. The summed E-state index contributed by atoms with van der Waals surface area (Å²) in [6.07, 6.45) is 1.78. The van der Waals surface area contributed by atoms with Crippen molar-refractivity contribution in [2.24, 2.45) is 11.0 Å². The first-order valence-corrected chi connectivity index (χ1v) is 6.82. The average Bonchev–Trinajstić information content (AvgIpc) is 2.81. The Morgan fingerprint density at radius 2 is 2.00 bits per heavy atom. The summed E-state index contributed by atoms with van der Waals surface area (Å²) < 4.78 is 0. The quantitative estimate of drug-likeness (QED) is 0.780. The van der Waals surface area contributed by atoms with E-state index in [1.807, 2.05) is 38.1 Å². The van der Waals surface area contributed by atoms with Crippen LogP contribution in [0.3, 0.4) is 0 Å². The van der Waals surface area contributed by atoms with Gasteiger partial charge in [-0.1, -0.05) is 43.6 Å². The maximum Gasteiger partial charge on any atom is 0.275 e. The molecule has 5 heteroatoms. The molecule has 2 aliphatic heterocycles. The SMILES string of the molecule is CC(C)C1=NNC(=O)/C1=C1/C=C(Cl)c2ccccc2N1. The van der Waals surface area contributed by atoms with Gasteiger partial charge in [0, 0.05) is 11.3 Å². The minimum absolute atomic E-state index is 0.155. The van der Waals surface area contributed by atoms with Crippen molar-refractivity contribution in [3.8, 4) is 0 Å². The minimum atomic E-state index is -0.198. The van der Waals surface area contributed by atoms with E-state index in [9.17, 15) is 4.79 Å². The molecule has 0 saturated carbocycles. The molecule has 102 valence electrons. The van der Waals surface area contributed by atoms with Crippen molar-refractivity contribution in [1.82, 2.24) is 5.43 Å². The van der Waals surface area contributed by atoms with Crippen LogP contribution in [0.5, 0.6) is 0 Å². The van der Waals surface area contributed by atoms with E-state index >= 15 is 0 Å². The first kappa shape index (κ1) is 12.9. The zero-order valence-corrected chi connectivity index (χ0v) is 12.0. The number of hydrogen-bond donors (Lipinski definition) is 2. The highest BCUT2D eigenvalue weighted by Gasteiger charge is 2.29. The van der Waals surface area contributed by atoms with Crippen molar-refractivity contribution in [2.45, 2.75) is 13.8 Å². The Balaban J connectivity index is 2.13. The third-order valence-corrected chi connectivity index (χ3v) is 3.61. The lowest BCUT2D eigenvalue weighted by Gasteiger charge is -2.20. The first-order chi connectivity index (χ1) is 9.58. The maximum absolute atomic E-state index is 12.0. The number of amides is 1. The van der Waals surface area contributed by atoms with Gasteiger partial charge in [0.1, 0.15) is 0 Å². The molecule has 0 fully saturated rings. The standard InChI is InChI=1S/C15H14ClN3O/c1-8(2)14-13(15(20)19-18-14)12-7-10(16)9-5-3-4-6-11(9)17-12/h3-8,17H,1-2H3,(H,19,20)/b13-12-. The predicted molar refractivity (Wildman–Crippen MR) is 81.3 cm³/mol. The minimum Gasteiger partial charge on any atom is -0.354 e. The molecule has 2 aliphatic rings. The summed E-state index contributed by atoms with van der Waals surface area (Å²) in [5.74, 6) is -0.0427. The fourth-order valence-electron chi connectivity index (χ4n) is 2.34. The number of hydrogen-bond acceptors (Lipinski definition) is 3. The van der Waals surface area contributed by atoms with Gasteiger partial charge in [-0.3, -0.25) is 4.79 Å². The number of fused-ring (bicyclic) bond motifs is 1. The molecule has 1 amide bonds. The number of halogens is 1. The molecular weight excluding hydrogens is 274 g/mol. The molecule has 3 rings (SSSR count). The molecule has 2 heterocycles. The topological polar surface area (TPSA) is 53.5 Å². The zero-order valence-electron chi connectivity index (χ0n) is 11.2. The van der Waals surface area contributed by atoms with E-state index in [1.54, 1.807) is 6.08 Å². The molecule has 2 N–H and O–H groups in total. The van der Waals surface area contributed by atoms with E-state index in [2.05, 4.69) is 15.8 Å². The number of carbonyl (C=O) groups excluding carboxylic acids is 1. The highest BCUT2D eigenvalue weighted by Crippen LogP contribution is 2.35. The number of allylic oxidation sites excluding steroid dienone is 1. The van der Waals surface area contributed by atoms with Crippen LogP contribution in [-0.2, 0) is 4.79 Å². The lowest BCUT2D eigenvalue weighted by atomic mass is 9.96. The summed E-state index contributed by atoms with van der Waals surface area (Å²) in [7, 11) is 0. The fraction of sp³-hybridized carbons (Fsp3) is 0.200. The summed E-state index contributed by atoms with van der Waals surface area (Å²) in [5.41, 5.74) is 6.34. The molecular formula is C15H14ClN3O. The van der Waals surface area contributed by atoms with Crippen LogP contribution in [0, 0.1) is 5.92 Å². The van der Waals surface area contributed by atoms with Crippen molar-refractivity contribution >= 4 is 33.9 Å². The molecule has 0 saturated heterocycles. The smallest absolute Gasteiger partial charge is 0.275 e. The van der Waals surface area contributed by atoms with Crippen LogP contribution < -0.4 is 10.7 Å². The Kier molecular flexibility index (Phi) is 3.10. The highest BCUT2D eigenvalue weighted by atomic mass is 35.5. The molecule has 1 aromatic carbocycles. The predicted octanol–water partition coefficient (Wildman–Crippen LogP) is 3.09. The number of hydrazone groups is 1. The molecule has 4 nitrogen and oxygen atoms in total.